The third-order valence-electron chi connectivity index (χ3n) is 4.18. The fourth-order valence-electron chi connectivity index (χ4n) is 2.86. The van der Waals surface area contributed by atoms with Crippen molar-refractivity contribution in [1.82, 2.24) is 0 Å². The quantitative estimate of drug-likeness (QED) is 0.462. The largest absolute Gasteiger partial charge is 0.508 e. The second-order valence-electron chi connectivity index (χ2n) is 5.99. The van der Waals surface area contributed by atoms with Gasteiger partial charge in [-0.1, -0.05) is 77.3 Å². The van der Waals surface area contributed by atoms with Gasteiger partial charge in [0.1, 0.15) is 5.75 Å². The molecule has 1 rings (SSSR count). The highest BCUT2D eigenvalue weighted by atomic mass is 16.3. The predicted molar refractivity (Wildman–Crippen MR) is 88.4 cm³/mol. The summed E-state index contributed by atoms with van der Waals surface area (Å²) in [6, 6.07) is 7.89. The molecular weight excluding hydrogens is 244 g/mol. The Balaban J connectivity index is 2.47. The summed E-state index contributed by atoms with van der Waals surface area (Å²) in [4.78, 5) is 0. The summed E-state index contributed by atoms with van der Waals surface area (Å²) < 4.78 is 0. The molecule has 0 heterocycles. The van der Waals surface area contributed by atoms with Crippen LogP contribution >= 0.6 is 0 Å². The van der Waals surface area contributed by atoms with Crippen molar-refractivity contribution in [3.05, 3.63) is 29.8 Å². The first-order chi connectivity index (χ1) is 9.77. The Morgan fingerprint density at radius 2 is 1.25 bits per heavy atom. The standard InChI is InChI=1S/C19H32O/c1-3-5-7-9-11-17(12-10-8-6-4-2)18-13-15-19(20)16-14-18/h13-17,20H,3-12H2,1-2H3. The maximum atomic E-state index is 9.43. The molecule has 1 nitrogen and oxygen atoms in total. The van der Waals surface area contributed by atoms with Crippen LogP contribution in [0.5, 0.6) is 5.75 Å². The molecule has 1 heteroatoms. The van der Waals surface area contributed by atoms with Gasteiger partial charge in [0, 0.05) is 0 Å². The maximum Gasteiger partial charge on any atom is 0.115 e. The van der Waals surface area contributed by atoms with Crippen molar-refractivity contribution in [3.8, 4) is 5.75 Å². The number of hydrogen-bond acceptors (Lipinski definition) is 1. The Morgan fingerprint density at radius 1 is 0.750 bits per heavy atom. The summed E-state index contributed by atoms with van der Waals surface area (Å²) >= 11 is 0. The second kappa shape index (κ2) is 10.8. The third-order valence-corrected chi connectivity index (χ3v) is 4.18. The summed E-state index contributed by atoms with van der Waals surface area (Å²) in [5.41, 5.74) is 1.41. The van der Waals surface area contributed by atoms with E-state index in [2.05, 4.69) is 26.0 Å². The van der Waals surface area contributed by atoms with Crippen LogP contribution in [0.2, 0.25) is 0 Å². The highest BCUT2D eigenvalue weighted by Gasteiger charge is 2.11. The van der Waals surface area contributed by atoms with E-state index in [4.69, 9.17) is 0 Å². The van der Waals surface area contributed by atoms with E-state index in [1.165, 1.54) is 69.8 Å². The topological polar surface area (TPSA) is 20.2 Å². The van der Waals surface area contributed by atoms with E-state index < -0.39 is 0 Å². The van der Waals surface area contributed by atoms with Gasteiger partial charge in [0.25, 0.3) is 0 Å². The molecule has 1 aromatic carbocycles. The molecule has 0 aliphatic rings. The molecule has 0 aliphatic carbocycles. The molecule has 0 radical (unpaired) electrons. The molecule has 0 fully saturated rings. The first-order valence-corrected chi connectivity index (χ1v) is 8.56. The molecule has 0 saturated carbocycles. The summed E-state index contributed by atoms with van der Waals surface area (Å²) in [6.45, 7) is 4.53. The van der Waals surface area contributed by atoms with Crippen LogP contribution in [-0.2, 0) is 0 Å². The molecule has 1 N–H and O–H groups in total. The van der Waals surface area contributed by atoms with Crippen molar-refractivity contribution in [3.63, 3.8) is 0 Å². The van der Waals surface area contributed by atoms with Crippen LogP contribution in [0.25, 0.3) is 0 Å². The minimum atomic E-state index is 0.379. The fourth-order valence-corrected chi connectivity index (χ4v) is 2.86. The van der Waals surface area contributed by atoms with E-state index in [0.29, 0.717) is 11.7 Å². The summed E-state index contributed by atoms with van der Waals surface area (Å²) in [5.74, 6) is 1.06. The van der Waals surface area contributed by atoms with Gasteiger partial charge in [0.2, 0.25) is 0 Å². The third kappa shape index (κ3) is 6.98. The molecule has 1 aromatic rings. The lowest BCUT2D eigenvalue weighted by Gasteiger charge is -2.17. The number of phenols is 1. The van der Waals surface area contributed by atoms with Gasteiger partial charge in [-0.05, 0) is 36.5 Å². The van der Waals surface area contributed by atoms with Gasteiger partial charge in [-0.25, -0.2) is 0 Å². The molecule has 0 saturated heterocycles. The molecule has 0 aromatic heterocycles. The van der Waals surface area contributed by atoms with Crippen LogP contribution in [0.4, 0.5) is 0 Å². The van der Waals surface area contributed by atoms with E-state index in [1.54, 1.807) is 0 Å². The van der Waals surface area contributed by atoms with Crippen LogP contribution in [0.15, 0.2) is 24.3 Å². The average Bonchev–Trinajstić information content (AvgIpc) is 2.47. The zero-order valence-electron chi connectivity index (χ0n) is 13.4. The van der Waals surface area contributed by atoms with E-state index in [0.717, 1.165) is 0 Å². The lowest BCUT2D eigenvalue weighted by Crippen LogP contribution is -1.99. The minimum absolute atomic E-state index is 0.379. The minimum Gasteiger partial charge on any atom is -0.508 e. The highest BCUT2D eigenvalue weighted by molar-refractivity contribution is 5.28. The molecule has 20 heavy (non-hydrogen) atoms. The number of unbranched alkanes of at least 4 members (excludes halogenated alkanes) is 6. The Morgan fingerprint density at radius 3 is 1.70 bits per heavy atom. The van der Waals surface area contributed by atoms with Crippen molar-refractivity contribution in [2.45, 2.75) is 84.0 Å². The Labute approximate surface area is 125 Å². The predicted octanol–water partition coefficient (Wildman–Crippen LogP) is 6.42. The van der Waals surface area contributed by atoms with Gasteiger partial charge in [0.15, 0.2) is 0 Å². The second-order valence-corrected chi connectivity index (χ2v) is 5.99. The van der Waals surface area contributed by atoms with Crippen LogP contribution in [0.3, 0.4) is 0 Å². The fraction of sp³-hybridized carbons (Fsp3) is 0.684. The van der Waals surface area contributed by atoms with Crippen LogP contribution < -0.4 is 0 Å². The molecule has 0 aliphatic heterocycles. The molecule has 0 atom stereocenters. The van der Waals surface area contributed by atoms with E-state index in [9.17, 15) is 5.11 Å². The van der Waals surface area contributed by atoms with Gasteiger partial charge in [0.05, 0.1) is 0 Å². The highest BCUT2D eigenvalue weighted by Crippen LogP contribution is 2.29. The number of aromatic hydroxyl groups is 1. The lowest BCUT2D eigenvalue weighted by atomic mass is 9.88. The van der Waals surface area contributed by atoms with Crippen molar-refractivity contribution in [2.75, 3.05) is 0 Å². The number of hydrogen-bond donors (Lipinski definition) is 1. The van der Waals surface area contributed by atoms with Gasteiger partial charge >= 0.3 is 0 Å². The van der Waals surface area contributed by atoms with Crippen LogP contribution in [0, 0.1) is 0 Å². The van der Waals surface area contributed by atoms with Crippen molar-refractivity contribution >= 4 is 0 Å². The Bertz CT molecular complexity index is 316. The average molecular weight is 276 g/mol. The number of phenolic OH excluding ortho intramolecular Hbond substituents is 1. The van der Waals surface area contributed by atoms with E-state index >= 15 is 0 Å². The molecule has 0 amide bonds. The monoisotopic (exact) mass is 276 g/mol. The Kier molecular flexibility index (Phi) is 9.19. The molecule has 0 spiro atoms. The Hall–Kier alpha value is -0.980. The zero-order valence-corrected chi connectivity index (χ0v) is 13.4. The summed E-state index contributed by atoms with van der Waals surface area (Å²) in [7, 11) is 0. The number of benzene rings is 1. The van der Waals surface area contributed by atoms with Crippen molar-refractivity contribution in [2.24, 2.45) is 0 Å². The first-order valence-electron chi connectivity index (χ1n) is 8.56. The van der Waals surface area contributed by atoms with Crippen molar-refractivity contribution in [1.29, 1.82) is 0 Å². The normalized spacial score (nSPS) is 11.2. The first kappa shape index (κ1) is 17.1. The molecule has 114 valence electrons. The van der Waals surface area contributed by atoms with E-state index in [-0.39, 0.29) is 0 Å². The van der Waals surface area contributed by atoms with Gasteiger partial charge in [-0.3, -0.25) is 0 Å². The van der Waals surface area contributed by atoms with Crippen LogP contribution in [-0.4, -0.2) is 5.11 Å². The zero-order chi connectivity index (χ0) is 14.6. The lowest BCUT2D eigenvalue weighted by molar-refractivity contribution is 0.472. The molecular formula is C19H32O. The van der Waals surface area contributed by atoms with Gasteiger partial charge < -0.3 is 5.11 Å². The smallest absolute Gasteiger partial charge is 0.115 e. The number of rotatable bonds is 11. The molecule has 0 bridgehead atoms. The van der Waals surface area contributed by atoms with Gasteiger partial charge in [-0.2, -0.15) is 0 Å². The summed E-state index contributed by atoms with van der Waals surface area (Å²) in [5, 5.41) is 9.43. The van der Waals surface area contributed by atoms with Crippen LogP contribution in [0.1, 0.15) is 89.5 Å². The summed E-state index contributed by atoms with van der Waals surface area (Å²) in [6.07, 6.45) is 13.3. The van der Waals surface area contributed by atoms with Crippen molar-refractivity contribution < 1.29 is 5.11 Å². The van der Waals surface area contributed by atoms with E-state index in [1.807, 2.05) is 12.1 Å². The van der Waals surface area contributed by atoms with Gasteiger partial charge in [-0.15, -0.1) is 0 Å². The molecule has 0 unspecified atom stereocenters. The SMILES string of the molecule is CCCCCCC(CCCCCC)c1ccc(O)cc1. The maximum absolute atomic E-state index is 9.43.